The van der Waals surface area contributed by atoms with Crippen LogP contribution in [0.3, 0.4) is 0 Å². The molecule has 17 heavy (non-hydrogen) atoms. The number of carbonyl (C=O) groups excluding carboxylic acids is 2. The third-order valence-electron chi connectivity index (χ3n) is 1.82. The van der Waals surface area contributed by atoms with Crippen molar-refractivity contribution in [1.29, 1.82) is 5.26 Å². The summed E-state index contributed by atoms with van der Waals surface area (Å²) in [5, 5.41) is 11.0. The van der Waals surface area contributed by atoms with Gasteiger partial charge in [0.05, 0.1) is 11.6 Å². The van der Waals surface area contributed by atoms with Crippen LogP contribution in [0.25, 0.3) is 0 Å². The number of benzene rings is 1. The molecule has 0 fully saturated rings. The van der Waals surface area contributed by atoms with Gasteiger partial charge in [-0.2, -0.15) is 5.26 Å². The summed E-state index contributed by atoms with van der Waals surface area (Å²) in [4.78, 5) is 21.9. The number of hydrogen-bond acceptors (Lipinski definition) is 4. The van der Waals surface area contributed by atoms with Gasteiger partial charge in [0.2, 0.25) is 0 Å². The molecule has 1 rings (SSSR count). The van der Waals surface area contributed by atoms with Crippen molar-refractivity contribution >= 4 is 23.8 Å². The summed E-state index contributed by atoms with van der Waals surface area (Å²) in [6.07, 6.45) is 0.592. The fourth-order valence-corrected chi connectivity index (χ4v) is 1.26. The van der Waals surface area contributed by atoms with Crippen LogP contribution in [0, 0.1) is 11.3 Å². The van der Waals surface area contributed by atoms with Crippen molar-refractivity contribution in [2.24, 2.45) is 0 Å². The largest absolute Gasteiger partial charge is 0.483 e. The van der Waals surface area contributed by atoms with Crippen molar-refractivity contribution in [2.45, 2.75) is 0 Å². The maximum atomic E-state index is 11.1. The van der Waals surface area contributed by atoms with E-state index in [-0.39, 0.29) is 24.5 Å². The third kappa shape index (κ3) is 4.13. The lowest BCUT2D eigenvalue weighted by molar-refractivity contribution is -0.122. The zero-order valence-corrected chi connectivity index (χ0v) is 9.53. The molecule has 0 unspecified atom stereocenters. The third-order valence-corrected chi connectivity index (χ3v) is 2.06. The van der Waals surface area contributed by atoms with E-state index in [1.807, 2.05) is 0 Å². The van der Waals surface area contributed by atoms with E-state index in [2.05, 4.69) is 5.32 Å². The molecule has 0 aliphatic carbocycles. The minimum Gasteiger partial charge on any atom is -0.483 e. The average molecular weight is 253 g/mol. The molecule has 0 spiro atoms. The molecule has 88 valence electrons. The van der Waals surface area contributed by atoms with Crippen LogP contribution in [0.1, 0.15) is 10.4 Å². The first kappa shape index (κ1) is 13.0. The normalized spacial score (nSPS) is 9.18. The van der Waals surface area contributed by atoms with Gasteiger partial charge >= 0.3 is 0 Å². The van der Waals surface area contributed by atoms with E-state index in [1.165, 1.54) is 12.1 Å². The fraction of sp³-hybridized carbons (Fsp3) is 0.182. The zero-order chi connectivity index (χ0) is 12.7. The molecule has 5 nitrogen and oxygen atoms in total. The Hall–Kier alpha value is -2.06. The number of nitrogens with one attached hydrogen (secondary N) is 1. The van der Waals surface area contributed by atoms with Gasteiger partial charge in [-0.3, -0.25) is 9.59 Å². The number of nitriles is 1. The SMILES string of the molecule is N#CCNC(=O)COc1ccc(Cl)cc1C=O. The second-order valence-corrected chi connectivity index (χ2v) is 3.46. The average Bonchev–Trinajstić information content (AvgIpc) is 2.34. The van der Waals surface area contributed by atoms with Gasteiger partial charge in [-0.25, -0.2) is 0 Å². The summed E-state index contributed by atoms with van der Waals surface area (Å²) < 4.78 is 5.13. The van der Waals surface area contributed by atoms with Gasteiger partial charge in [0.1, 0.15) is 12.3 Å². The number of nitrogens with zero attached hydrogens (tertiary/aromatic N) is 1. The van der Waals surface area contributed by atoms with Gasteiger partial charge in [-0.15, -0.1) is 0 Å². The molecule has 1 aromatic carbocycles. The molecule has 0 bridgehead atoms. The molecule has 0 saturated heterocycles. The first-order valence-corrected chi connectivity index (χ1v) is 5.06. The lowest BCUT2D eigenvalue weighted by Crippen LogP contribution is -2.29. The number of amides is 1. The Morgan fingerprint density at radius 3 is 3.00 bits per heavy atom. The predicted octanol–water partition coefficient (Wildman–Crippen LogP) is 1.17. The second-order valence-electron chi connectivity index (χ2n) is 3.02. The summed E-state index contributed by atoms with van der Waals surface area (Å²) in [5.41, 5.74) is 0.269. The molecule has 0 aromatic heterocycles. The molecule has 1 amide bonds. The zero-order valence-electron chi connectivity index (χ0n) is 8.77. The summed E-state index contributed by atoms with van der Waals surface area (Å²) in [6, 6.07) is 6.26. The van der Waals surface area contributed by atoms with E-state index < -0.39 is 5.91 Å². The Balaban J connectivity index is 2.60. The molecular weight excluding hydrogens is 244 g/mol. The highest BCUT2D eigenvalue weighted by Gasteiger charge is 2.06. The number of rotatable bonds is 5. The first-order chi connectivity index (χ1) is 8.17. The van der Waals surface area contributed by atoms with E-state index in [0.29, 0.717) is 11.3 Å². The number of aldehydes is 1. The highest BCUT2D eigenvalue weighted by Crippen LogP contribution is 2.21. The van der Waals surface area contributed by atoms with E-state index in [4.69, 9.17) is 21.6 Å². The van der Waals surface area contributed by atoms with Gasteiger partial charge in [0.25, 0.3) is 5.91 Å². The van der Waals surface area contributed by atoms with E-state index in [0.717, 1.165) is 0 Å². The number of carbonyl (C=O) groups is 2. The predicted molar refractivity (Wildman–Crippen MR) is 61.0 cm³/mol. The van der Waals surface area contributed by atoms with Crippen molar-refractivity contribution in [3.63, 3.8) is 0 Å². The van der Waals surface area contributed by atoms with Crippen molar-refractivity contribution in [3.05, 3.63) is 28.8 Å². The Morgan fingerprint density at radius 2 is 2.35 bits per heavy atom. The maximum absolute atomic E-state index is 11.1. The van der Waals surface area contributed by atoms with Crippen LogP contribution in [-0.2, 0) is 4.79 Å². The molecule has 0 heterocycles. The topological polar surface area (TPSA) is 79.2 Å². The Labute approximate surface area is 103 Å². The van der Waals surface area contributed by atoms with Crippen LogP contribution in [0.15, 0.2) is 18.2 Å². The highest BCUT2D eigenvalue weighted by atomic mass is 35.5. The molecule has 0 radical (unpaired) electrons. The summed E-state index contributed by atoms with van der Waals surface area (Å²) in [7, 11) is 0. The van der Waals surface area contributed by atoms with Crippen LogP contribution in [0.5, 0.6) is 5.75 Å². The van der Waals surface area contributed by atoms with E-state index in [9.17, 15) is 9.59 Å². The second kappa shape index (κ2) is 6.51. The maximum Gasteiger partial charge on any atom is 0.258 e. The van der Waals surface area contributed by atoms with Crippen LogP contribution in [0.4, 0.5) is 0 Å². The van der Waals surface area contributed by atoms with E-state index >= 15 is 0 Å². The van der Waals surface area contributed by atoms with Crippen LogP contribution < -0.4 is 10.1 Å². The smallest absolute Gasteiger partial charge is 0.258 e. The minimum atomic E-state index is -0.432. The van der Waals surface area contributed by atoms with Crippen LogP contribution in [0.2, 0.25) is 5.02 Å². The molecule has 1 aromatic rings. The lowest BCUT2D eigenvalue weighted by atomic mass is 10.2. The molecule has 0 saturated carbocycles. The van der Waals surface area contributed by atoms with Gasteiger partial charge < -0.3 is 10.1 Å². The van der Waals surface area contributed by atoms with Crippen molar-refractivity contribution in [2.75, 3.05) is 13.2 Å². The van der Waals surface area contributed by atoms with Crippen LogP contribution >= 0.6 is 11.6 Å². The lowest BCUT2D eigenvalue weighted by Gasteiger charge is -2.07. The number of hydrogen-bond donors (Lipinski definition) is 1. The Bertz CT molecular complexity index is 468. The molecule has 0 aliphatic heterocycles. The van der Waals surface area contributed by atoms with Gasteiger partial charge in [0.15, 0.2) is 12.9 Å². The molecular formula is C11H9ClN2O3. The van der Waals surface area contributed by atoms with Crippen LogP contribution in [-0.4, -0.2) is 25.3 Å². The minimum absolute atomic E-state index is 0.0800. The Morgan fingerprint density at radius 1 is 1.59 bits per heavy atom. The molecule has 6 heteroatoms. The van der Waals surface area contributed by atoms with Crippen molar-refractivity contribution < 1.29 is 14.3 Å². The van der Waals surface area contributed by atoms with Gasteiger partial charge in [-0.05, 0) is 18.2 Å². The summed E-state index contributed by atoms with van der Waals surface area (Å²) in [5.74, 6) is -0.158. The highest BCUT2D eigenvalue weighted by molar-refractivity contribution is 6.30. The Kier molecular flexibility index (Phi) is 4.98. The molecule has 0 aliphatic rings. The first-order valence-electron chi connectivity index (χ1n) is 4.68. The quantitative estimate of drug-likeness (QED) is 0.630. The monoisotopic (exact) mass is 252 g/mol. The summed E-state index contributed by atoms with van der Waals surface area (Å²) in [6.45, 7) is -0.340. The van der Waals surface area contributed by atoms with Gasteiger partial charge in [-0.1, -0.05) is 11.6 Å². The fourth-order valence-electron chi connectivity index (χ4n) is 1.08. The van der Waals surface area contributed by atoms with Crippen molar-refractivity contribution in [1.82, 2.24) is 5.32 Å². The van der Waals surface area contributed by atoms with Gasteiger partial charge in [0, 0.05) is 5.02 Å². The number of halogens is 1. The molecule has 1 N–H and O–H groups in total. The molecule has 0 atom stereocenters. The van der Waals surface area contributed by atoms with Crippen molar-refractivity contribution in [3.8, 4) is 11.8 Å². The standard InChI is InChI=1S/C11H9ClN2O3/c12-9-1-2-10(8(5-9)6-15)17-7-11(16)14-4-3-13/h1-2,5-6H,4,7H2,(H,14,16). The van der Waals surface area contributed by atoms with E-state index in [1.54, 1.807) is 12.1 Å². The number of ether oxygens (including phenoxy) is 1. The summed E-state index contributed by atoms with van der Waals surface area (Å²) >= 11 is 5.70.